The molecule has 0 spiro atoms. The van der Waals surface area contributed by atoms with Gasteiger partial charge in [-0.15, -0.1) is 0 Å². The van der Waals surface area contributed by atoms with Crippen LogP contribution in [0.25, 0.3) is 0 Å². The third-order valence-corrected chi connectivity index (χ3v) is 3.31. The van der Waals surface area contributed by atoms with Gasteiger partial charge in [0, 0.05) is 19.3 Å². The molecule has 0 atom stereocenters. The highest BCUT2D eigenvalue weighted by molar-refractivity contribution is 6.63. The lowest BCUT2D eigenvalue weighted by atomic mass is 10.0. The van der Waals surface area contributed by atoms with Crippen LogP contribution in [0.5, 0.6) is 0 Å². The Balaban J connectivity index is 3.71. The standard InChI is InChI=1S/C16H26O5/c1-2-3-4-7-10-13(17)16(21)14(18)11-8-5-6-9-12-15(19)20/h2-12H2,1H3,(H,19,20). The molecule has 0 saturated carbocycles. The van der Waals surface area contributed by atoms with Crippen LogP contribution in [0.4, 0.5) is 0 Å². The van der Waals surface area contributed by atoms with Gasteiger partial charge in [-0.2, -0.15) is 0 Å². The molecular formula is C16H26O5. The second-order valence-electron chi connectivity index (χ2n) is 5.29. The van der Waals surface area contributed by atoms with Gasteiger partial charge in [-0.3, -0.25) is 19.2 Å². The second kappa shape index (κ2) is 12.2. The van der Waals surface area contributed by atoms with Gasteiger partial charge in [0.2, 0.25) is 11.6 Å². The minimum Gasteiger partial charge on any atom is -0.481 e. The summed E-state index contributed by atoms with van der Waals surface area (Å²) in [7, 11) is 0. The van der Waals surface area contributed by atoms with Crippen LogP contribution in [0.3, 0.4) is 0 Å². The molecule has 120 valence electrons. The maximum absolute atomic E-state index is 11.5. The summed E-state index contributed by atoms with van der Waals surface area (Å²) in [6.45, 7) is 2.06. The van der Waals surface area contributed by atoms with Crippen LogP contribution in [0.15, 0.2) is 0 Å². The SMILES string of the molecule is CCCCCCC(=O)C(=O)C(=O)CCCCCCC(=O)O. The fourth-order valence-electron chi connectivity index (χ4n) is 2.01. The summed E-state index contributed by atoms with van der Waals surface area (Å²) in [5.74, 6) is -2.86. The van der Waals surface area contributed by atoms with Crippen molar-refractivity contribution in [2.75, 3.05) is 0 Å². The highest BCUT2D eigenvalue weighted by Gasteiger charge is 2.21. The van der Waals surface area contributed by atoms with Crippen LogP contribution >= 0.6 is 0 Å². The molecule has 0 aromatic heterocycles. The molecule has 0 rings (SSSR count). The molecule has 5 nitrogen and oxygen atoms in total. The smallest absolute Gasteiger partial charge is 0.303 e. The number of hydrogen-bond acceptors (Lipinski definition) is 4. The van der Waals surface area contributed by atoms with E-state index in [1.54, 1.807) is 0 Å². The Morgan fingerprint density at radius 3 is 1.52 bits per heavy atom. The average molecular weight is 298 g/mol. The van der Waals surface area contributed by atoms with E-state index in [1.807, 2.05) is 0 Å². The third-order valence-electron chi connectivity index (χ3n) is 3.31. The number of rotatable bonds is 14. The van der Waals surface area contributed by atoms with Gasteiger partial charge in [0.05, 0.1) is 0 Å². The number of aliphatic carboxylic acids is 1. The molecule has 0 aliphatic heterocycles. The number of carboxylic acids is 1. The van der Waals surface area contributed by atoms with E-state index in [0.29, 0.717) is 25.7 Å². The van der Waals surface area contributed by atoms with Crippen LogP contribution in [-0.2, 0) is 19.2 Å². The fraction of sp³-hybridized carbons (Fsp3) is 0.750. The van der Waals surface area contributed by atoms with E-state index in [-0.39, 0.29) is 19.3 Å². The van der Waals surface area contributed by atoms with Crippen molar-refractivity contribution in [1.82, 2.24) is 0 Å². The van der Waals surface area contributed by atoms with Crippen molar-refractivity contribution in [3.05, 3.63) is 0 Å². The van der Waals surface area contributed by atoms with Crippen molar-refractivity contribution in [3.63, 3.8) is 0 Å². The molecular weight excluding hydrogens is 272 g/mol. The molecule has 0 aliphatic rings. The van der Waals surface area contributed by atoms with Gasteiger partial charge in [0.15, 0.2) is 0 Å². The van der Waals surface area contributed by atoms with E-state index in [0.717, 1.165) is 25.7 Å². The molecule has 0 fully saturated rings. The fourth-order valence-corrected chi connectivity index (χ4v) is 2.01. The Kier molecular flexibility index (Phi) is 11.4. The van der Waals surface area contributed by atoms with Crippen molar-refractivity contribution in [3.8, 4) is 0 Å². The molecule has 0 bridgehead atoms. The highest BCUT2D eigenvalue weighted by Crippen LogP contribution is 2.08. The molecule has 0 saturated heterocycles. The summed E-state index contributed by atoms with van der Waals surface area (Å²) >= 11 is 0. The molecule has 0 aromatic carbocycles. The number of ketones is 3. The largest absolute Gasteiger partial charge is 0.481 e. The normalized spacial score (nSPS) is 10.3. The number of carboxylic acid groups (broad SMARTS) is 1. The Morgan fingerprint density at radius 1 is 0.667 bits per heavy atom. The summed E-state index contributed by atoms with van der Waals surface area (Å²) in [6, 6.07) is 0. The molecule has 1 N–H and O–H groups in total. The monoisotopic (exact) mass is 298 g/mol. The van der Waals surface area contributed by atoms with Crippen LogP contribution in [0.1, 0.15) is 77.6 Å². The minimum atomic E-state index is -0.864. The maximum Gasteiger partial charge on any atom is 0.303 e. The van der Waals surface area contributed by atoms with E-state index in [1.165, 1.54) is 0 Å². The number of carbonyl (C=O) groups excluding carboxylic acids is 3. The molecule has 0 unspecified atom stereocenters. The Bertz CT molecular complexity index is 360. The first-order chi connectivity index (χ1) is 9.99. The number of unbranched alkanes of at least 4 members (excludes halogenated alkanes) is 6. The van der Waals surface area contributed by atoms with Crippen LogP contribution in [0.2, 0.25) is 0 Å². The second-order valence-corrected chi connectivity index (χ2v) is 5.29. The summed E-state index contributed by atoms with van der Waals surface area (Å²) in [5, 5.41) is 8.46. The first-order valence-electron chi connectivity index (χ1n) is 7.81. The van der Waals surface area contributed by atoms with E-state index < -0.39 is 23.3 Å². The zero-order chi connectivity index (χ0) is 16.1. The topological polar surface area (TPSA) is 88.5 Å². The average Bonchev–Trinajstić information content (AvgIpc) is 2.45. The summed E-state index contributed by atoms with van der Waals surface area (Å²) in [5.41, 5.74) is 0. The highest BCUT2D eigenvalue weighted by atomic mass is 16.4. The molecule has 21 heavy (non-hydrogen) atoms. The van der Waals surface area contributed by atoms with E-state index in [9.17, 15) is 19.2 Å². The van der Waals surface area contributed by atoms with Gasteiger partial charge < -0.3 is 5.11 Å². The van der Waals surface area contributed by atoms with Crippen molar-refractivity contribution in [1.29, 1.82) is 0 Å². The third kappa shape index (κ3) is 10.9. The zero-order valence-corrected chi connectivity index (χ0v) is 12.9. The summed E-state index contributed by atoms with van der Waals surface area (Å²) in [4.78, 5) is 44.9. The Hall–Kier alpha value is -1.52. The predicted molar refractivity (Wildman–Crippen MR) is 79.1 cm³/mol. The van der Waals surface area contributed by atoms with Gasteiger partial charge in [0.25, 0.3) is 5.78 Å². The van der Waals surface area contributed by atoms with Crippen LogP contribution in [0, 0.1) is 0 Å². The molecule has 0 amide bonds. The molecule has 0 heterocycles. The lowest BCUT2D eigenvalue weighted by molar-refractivity contribution is -0.144. The van der Waals surface area contributed by atoms with Crippen molar-refractivity contribution < 1.29 is 24.3 Å². The predicted octanol–water partition coefficient (Wildman–Crippen LogP) is 3.09. The molecule has 5 heteroatoms. The molecule has 0 radical (unpaired) electrons. The first kappa shape index (κ1) is 19.5. The number of Topliss-reactive ketones (excluding diaryl/α,β-unsaturated/α-hetero) is 3. The zero-order valence-electron chi connectivity index (χ0n) is 12.9. The van der Waals surface area contributed by atoms with Crippen molar-refractivity contribution in [2.24, 2.45) is 0 Å². The van der Waals surface area contributed by atoms with E-state index in [4.69, 9.17) is 5.11 Å². The van der Waals surface area contributed by atoms with E-state index in [2.05, 4.69) is 6.92 Å². The van der Waals surface area contributed by atoms with Crippen molar-refractivity contribution >= 4 is 23.3 Å². The quantitative estimate of drug-likeness (QED) is 0.302. The van der Waals surface area contributed by atoms with Gasteiger partial charge in [-0.05, 0) is 19.3 Å². The minimum absolute atomic E-state index is 0.0899. The molecule has 0 aromatic rings. The summed E-state index contributed by atoms with van der Waals surface area (Å²) in [6.07, 6.45) is 6.60. The Morgan fingerprint density at radius 2 is 1.10 bits per heavy atom. The van der Waals surface area contributed by atoms with Crippen LogP contribution in [-0.4, -0.2) is 28.4 Å². The number of carbonyl (C=O) groups is 4. The van der Waals surface area contributed by atoms with Crippen LogP contribution < -0.4 is 0 Å². The van der Waals surface area contributed by atoms with Crippen molar-refractivity contribution in [2.45, 2.75) is 77.6 Å². The van der Waals surface area contributed by atoms with Gasteiger partial charge in [0.1, 0.15) is 0 Å². The number of hydrogen-bond donors (Lipinski definition) is 1. The lowest BCUT2D eigenvalue weighted by Crippen LogP contribution is -2.23. The Labute approximate surface area is 126 Å². The molecule has 0 aliphatic carbocycles. The van der Waals surface area contributed by atoms with Gasteiger partial charge >= 0.3 is 5.97 Å². The first-order valence-corrected chi connectivity index (χ1v) is 7.81. The van der Waals surface area contributed by atoms with E-state index >= 15 is 0 Å². The maximum atomic E-state index is 11.5. The lowest BCUT2D eigenvalue weighted by Gasteiger charge is -2.01. The van der Waals surface area contributed by atoms with Gasteiger partial charge in [-0.1, -0.05) is 39.0 Å². The van der Waals surface area contributed by atoms with Gasteiger partial charge in [-0.25, -0.2) is 0 Å². The summed E-state index contributed by atoms with van der Waals surface area (Å²) < 4.78 is 0.